The zero-order valence-electron chi connectivity index (χ0n) is 15.1. The lowest BCUT2D eigenvalue weighted by Crippen LogP contribution is -2.44. The number of nitriles is 2. The zero-order chi connectivity index (χ0) is 19.5. The summed E-state index contributed by atoms with van der Waals surface area (Å²) < 4.78 is 0. The molecule has 1 heterocycles. The Hall–Kier alpha value is -2.77. The molecule has 26 heavy (non-hydrogen) atoms. The summed E-state index contributed by atoms with van der Waals surface area (Å²) in [6, 6.07) is 13.3. The molecule has 0 aromatic heterocycles. The van der Waals surface area contributed by atoms with Crippen molar-refractivity contribution in [2.75, 3.05) is 14.1 Å². The lowest BCUT2D eigenvalue weighted by Gasteiger charge is -2.35. The number of rotatable bonds is 4. The van der Waals surface area contributed by atoms with E-state index in [1.54, 1.807) is 27.9 Å². The van der Waals surface area contributed by atoms with Crippen LogP contribution in [-0.2, 0) is 9.59 Å². The Balaban J connectivity index is 2.52. The quantitative estimate of drug-likeness (QED) is 0.881. The highest BCUT2D eigenvalue weighted by atomic mass is 32.2. The van der Waals surface area contributed by atoms with E-state index in [9.17, 15) is 20.1 Å². The minimum Gasteiger partial charge on any atom is -0.348 e. The SMILES string of the molecule is CN(C)C(=O)[C@@H](SC1=C(C#N)C(C)(C)[C@@H](C#N)C(=O)N1)c1ccccc1. The highest BCUT2D eigenvalue weighted by Crippen LogP contribution is 2.45. The van der Waals surface area contributed by atoms with Crippen molar-refractivity contribution in [2.45, 2.75) is 19.1 Å². The second-order valence-corrected chi connectivity index (χ2v) is 7.85. The van der Waals surface area contributed by atoms with Crippen LogP contribution >= 0.6 is 11.8 Å². The molecule has 2 amide bonds. The summed E-state index contributed by atoms with van der Waals surface area (Å²) in [6.45, 7) is 3.40. The van der Waals surface area contributed by atoms with Gasteiger partial charge in [-0.2, -0.15) is 10.5 Å². The molecule has 7 heteroatoms. The summed E-state index contributed by atoms with van der Waals surface area (Å²) in [6.07, 6.45) is 0. The fourth-order valence-electron chi connectivity index (χ4n) is 2.76. The van der Waals surface area contributed by atoms with E-state index in [-0.39, 0.29) is 5.91 Å². The molecule has 0 spiro atoms. The van der Waals surface area contributed by atoms with Crippen LogP contribution < -0.4 is 5.32 Å². The molecule has 0 unspecified atom stereocenters. The summed E-state index contributed by atoms with van der Waals surface area (Å²) in [4.78, 5) is 26.5. The highest BCUT2D eigenvalue weighted by molar-refractivity contribution is 8.03. The Labute approximate surface area is 157 Å². The lowest BCUT2D eigenvalue weighted by molar-refractivity contribution is -0.128. The Bertz CT molecular complexity index is 831. The lowest BCUT2D eigenvalue weighted by atomic mass is 9.72. The van der Waals surface area contributed by atoms with Crippen LogP contribution in [0.15, 0.2) is 40.9 Å². The number of hydrogen-bond donors (Lipinski definition) is 1. The predicted octanol–water partition coefficient (Wildman–Crippen LogP) is 2.58. The molecule has 0 fully saturated rings. The second kappa shape index (κ2) is 7.63. The standard InChI is InChI=1S/C19H20N4O2S/c1-19(2)13(10-20)16(24)22-17(14(19)11-21)26-15(18(25)23(3)4)12-8-6-5-7-9-12/h5-9,13,15H,1-4H3,(H,22,24)/t13-,15-/m0/s1. The molecule has 1 N–H and O–H groups in total. The topological polar surface area (TPSA) is 97.0 Å². The van der Waals surface area contributed by atoms with Gasteiger partial charge in [-0.15, -0.1) is 0 Å². The van der Waals surface area contributed by atoms with E-state index in [2.05, 4.69) is 11.4 Å². The number of nitrogens with zero attached hydrogens (tertiary/aromatic N) is 3. The maximum absolute atomic E-state index is 12.7. The third-order valence-electron chi connectivity index (χ3n) is 4.34. The van der Waals surface area contributed by atoms with Crippen molar-refractivity contribution in [3.05, 3.63) is 46.5 Å². The van der Waals surface area contributed by atoms with Crippen molar-refractivity contribution >= 4 is 23.6 Å². The smallest absolute Gasteiger partial charge is 0.243 e. The molecule has 2 atom stereocenters. The van der Waals surface area contributed by atoms with Crippen LogP contribution in [0, 0.1) is 34.0 Å². The van der Waals surface area contributed by atoms with E-state index in [1.807, 2.05) is 36.4 Å². The Morgan fingerprint density at radius 3 is 2.38 bits per heavy atom. The van der Waals surface area contributed by atoms with Crippen molar-refractivity contribution in [1.82, 2.24) is 10.2 Å². The molecule has 6 nitrogen and oxygen atoms in total. The van der Waals surface area contributed by atoms with Crippen LogP contribution in [-0.4, -0.2) is 30.8 Å². The first-order chi connectivity index (χ1) is 12.2. The van der Waals surface area contributed by atoms with Gasteiger partial charge in [-0.3, -0.25) is 9.59 Å². The summed E-state index contributed by atoms with van der Waals surface area (Å²) >= 11 is 1.13. The minimum absolute atomic E-state index is 0.152. The number of amides is 2. The van der Waals surface area contributed by atoms with Crippen molar-refractivity contribution in [1.29, 1.82) is 10.5 Å². The first-order valence-corrected chi connectivity index (χ1v) is 8.90. The number of thioether (sulfide) groups is 1. The average molecular weight is 368 g/mol. The number of carbonyl (C=O) groups excluding carboxylic acids is 2. The predicted molar refractivity (Wildman–Crippen MR) is 99.1 cm³/mol. The van der Waals surface area contributed by atoms with Gasteiger partial charge < -0.3 is 10.2 Å². The van der Waals surface area contributed by atoms with Gasteiger partial charge in [-0.1, -0.05) is 55.9 Å². The van der Waals surface area contributed by atoms with Crippen molar-refractivity contribution in [3.63, 3.8) is 0 Å². The molecule has 1 aliphatic heterocycles. The first kappa shape index (κ1) is 19.6. The van der Waals surface area contributed by atoms with Gasteiger partial charge in [0.25, 0.3) is 0 Å². The van der Waals surface area contributed by atoms with Crippen LogP contribution in [0.3, 0.4) is 0 Å². The van der Waals surface area contributed by atoms with Gasteiger partial charge in [-0.25, -0.2) is 0 Å². The number of carbonyl (C=O) groups is 2. The van der Waals surface area contributed by atoms with Gasteiger partial charge in [0.05, 0.1) is 22.7 Å². The first-order valence-electron chi connectivity index (χ1n) is 8.02. The molecule has 1 aromatic rings. The summed E-state index contributed by atoms with van der Waals surface area (Å²) in [7, 11) is 3.32. The molecule has 0 radical (unpaired) electrons. The van der Waals surface area contributed by atoms with Gasteiger partial charge >= 0.3 is 0 Å². The van der Waals surface area contributed by atoms with E-state index >= 15 is 0 Å². The maximum atomic E-state index is 12.7. The largest absolute Gasteiger partial charge is 0.348 e. The maximum Gasteiger partial charge on any atom is 0.243 e. The van der Waals surface area contributed by atoms with E-state index in [1.165, 1.54) is 4.90 Å². The number of benzene rings is 1. The third kappa shape index (κ3) is 3.58. The molecule has 0 saturated heterocycles. The van der Waals surface area contributed by atoms with E-state index in [0.29, 0.717) is 10.6 Å². The van der Waals surface area contributed by atoms with E-state index in [4.69, 9.17) is 0 Å². The molecule has 2 rings (SSSR count). The fraction of sp³-hybridized carbons (Fsp3) is 0.368. The van der Waals surface area contributed by atoms with Crippen molar-refractivity contribution in [3.8, 4) is 12.1 Å². The van der Waals surface area contributed by atoms with E-state index in [0.717, 1.165) is 17.3 Å². The minimum atomic E-state index is -0.957. The number of allylic oxidation sites excluding steroid dienone is 1. The molecular weight excluding hydrogens is 348 g/mol. The monoisotopic (exact) mass is 368 g/mol. The summed E-state index contributed by atoms with van der Waals surface area (Å²) in [5.41, 5.74) is 0.146. The second-order valence-electron chi connectivity index (χ2n) is 6.73. The van der Waals surface area contributed by atoms with Gasteiger partial charge in [-0.05, 0) is 5.56 Å². The fourth-order valence-corrected chi connectivity index (χ4v) is 4.18. The van der Waals surface area contributed by atoms with Crippen LogP contribution in [0.5, 0.6) is 0 Å². The highest BCUT2D eigenvalue weighted by Gasteiger charge is 2.45. The summed E-state index contributed by atoms with van der Waals surface area (Å²) in [5.74, 6) is -1.57. The molecule has 0 bridgehead atoms. The van der Waals surface area contributed by atoms with Gasteiger partial charge in [0, 0.05) is 19.5 Å². The summed E-state index contributed by atoms with van der Waals surface area (Å²) in [5, 5.41) is 21.3. The Morgan fingerprint density at radius 1 is 1.27 bits per heavy atom. The molecule has 1 aromatic carbocycles. The van der Waals surface area contributed by atoms with Crippen molar-refractivity contribution in [2.24, 2.45) is 11.3 Å². The molecule has 134 valence electrons. The normalized spacial score (nSPS) is 19.8. The van der Waals surface area contributed by atoms with Gasteiger partial charge in [0.1, 0.15) is 11.2 Å². The van der Waals surface area contributed by atoms with Crippen molar-refractivity contribution < 1.29 is 9.59 Å². The Kier molecular flexibility index (Phi) is 5.74. The van der Waals surface area contributed by atoms with Crippen LogP contribution in [0.4, 0.5) is 0 Å². The van der Waals surface area contributed by atoms with E-state index < -0.39 is 22.5 Å². The zero-order valence-corrected chi connectivity index (χ0v) is 15.9. The average Bonchev–Trinajstić information content (AvgIpc) is 2.59. The number of hydrogen-bond acceptors (Lipinski definition) is 5. The van der Waals surface area contributed by atoms with Crippen LogP contribution in [0.2, 0.25) is 0 Å². The van der Waals surface area contributed by atoms with Crippen LogP contribution in [0.25, 0.3) is 0 Å². The van der Waals surface area contributed by atoms with Gasteiger partial charge in [0.15, 0.2) is 0 Å². The molecule has 1 aliphatic rings. The number of nitrogens with one attached hydrogen (secondary N) is 1. The molecule has 0 aliphatic carbocycles. The van der Waals surface area contributed by atoms with Crippen LogP contribution in [0.1, 0.15) is 24.7 Å². The Morgan fingerprint density at radius 2 is 1.88 bits per heavy atom. The van der Waals surface area contributed by atoms with Gasteiger partial charge in [0.2, 0.25) is 11.8 Å². The third-order valence-corrected chi connectivity index (χ3v) is 5.59. The number of likely N-dealkylation sites (N-methyl/N-ethyl adjacent to an activating group) is 1. The molecular formula is C19H20N4O2S. The molecule has 0 saturated carbocycles.